The van der Waals surface area contributed by atoms with E-state index in [4.69, 9.17) is 16.3 Å². The second kappa shape index (κ2) is 5.53. The first-order valence-corrected chi connectivity index (χ1v) is 8.24. The second-order valence-corrected chi connectivity index (χ2v) is 6.47. The summed E-state index contributed by atoms with van der Waals surface area (Å²) in [7, 11) is 0. The van der Waals surface area contributed by atoms with Crippen LogP contribution in [0.5, 0.6) is 5.75 Å². The highest BCUT2D eigenvalue weighted by Crippen LogP contribution is 2.38. The fraction of sp³-hybridized carbons (Fsp3) is 0.333. The predicted octanol–water partition coefficient (Wildman–Crippen LogP) is 4.05. The molecule has 2 aromatic rings. The van der Waals surface area contributed by atoms with E-state index in [-0.39, 0.29) is 11.8 Å². The SMILES string of the molecule is Cc1ccc(N(C(=O)C2CC2)c2ccc3c(c2)OCC3)nc1Cl. The number of carbonyl (C=O) groups is 1. The minimum Gasteiger partial charge on any atom is -0.493 e. The van der Waals surface area contributed by atoms with Gasteiger partial charge in [0.1, 0.15) is 16.7 Å². The first-order valence-electron chi connectivity index (χ1n) is 7.86. The quantitative estimate of drug-likeness (QED) is 0.798. The molecular formula is C18H17ClN2O2. The van der Waals surface area contributed by atoms with E-state index in [0.29, 0.717) is 17.6 Å². The number of benzene rings is 1. The van der Waals surface area contributed by atoms with Crippen LogP contribution in [0.3, 0.4) is 0 Å². The van der Waals surface area contributed by atoms with Crippen molar-refractivity contribution in [2.45, 2.75) is 26.2 Å². The van der Waals surface area contributed by atoms with Crippen LogP contribution in [0, 0.1) is 12.8 Å². The van der Waals surface area contributed by atoms with Gasteiger partial charge in [0.2, 0.25) is 5.91 Å². The van der Waals surface area contributed by atoms with Crippen molar-refractivity contribution >= 4 is 29.0 Å². The summed E-state index contributed by atoms with van der Waals surface area (Å²) in [6.07, 6.45) is 2.80. The zero-order valence-electron chi connectivity index (χ0n) is 12.9. The smallest absolute Gasteiger partial charge is 0.235 e. The Morgan fingerprint density at radius 2 is 2.13 bits per heavy atom. The number of ether oxygens (including phenoxy) is 1. The van der Waals surface area contributed by atoms with Crippen LogP contribution in [-0.2, 0) is 11.2 Å². The van der Waals surface area contributed by atoms with Crippen molar-refractivity contribution in [1.29, 1.82) is 0 Å². The molecule has 1 saturated carbocycles. The van der Waals surface area contributed by atoms with Crippen LogP contribution in [0.15, 0.2) is 30.3 Å². The molecule has 1 aromatic heterocycles. The molecule has 5 heteroatoms. The second-order valence-electron chi connectivity index (χ2n) is 6.12. The summed E-state index contributed by atoms with van der Waals surface area (Å²) in [5.41, 5.74) is 2.86. The van der Waals surface area contributed by atoms with Gasteiger partial charge >= 0.3 is 0 Å². The van der Waals surface area contributed by atoms with Gasteiger partial charge in [-0.25, -0.2) is 4.98 Å². The van der Waals surface area contributed by atoms with Crippen LogP contribution in [0.1, 0.15) is 24.0 Å². The number of aromatic nitrogens is 1. The number of amides is 1. The van der Waals surface area contributed by atoms with E-state index in [2.05, 4.69) is 4.98 Å². The highest BCUT2D eigenvalue weighted by atomic mass is 35.5. The zero-order chi connectivity index (χ0) is 16.0. The van der Waals surface area contributed by atoms with Crippen molar-refractivity contribution < 1.29 is 9.53 Å². The van der Waals surface area contributed by atoms with Crippen molar-refractivity contribution in [3.8, 4) is 5.75 Å². The summed E-state index contributed by atoms with van der Waals surface area (Å²) in [4.78, 5) is 18.9. The fourth-order valence-electron chi connectivity index (χ4n) is 2.80. The molecule has 2 aliphatic rings. The van der Waals surface area contributed by atoms with Crippen molar-refractivity contribution in [3.05, 3.63) is 46.6 Å². The molecule has 1 amide bonds. The third-order valence-corrected chi connectivity index (χ3v) is 4.72. The maximum atomic E-state index is 12.8. The van der Waals surface area contributed by atoms with Gasteiger partial charge in [0.15, 0.2) is 0 Å². The Morgan fingerprint density at radius 1 is 1.30 bits per heavy atom. The predicted molar refractivity (Wildman–Crippen MR) is 89.5 cm³/mol. The Hall–Kier alpha value is -2.07. The normalized spacial score (nSPS) is 15.9. The van der Waals surface area contributed by atoms with Gasteiger partial charge in [-0.15, -0.1) is 0 Å². The lowest BCUT2D eigenvalue weighted by Gasteiger charge is -2.23. The van der Waals surface area contributed by atoms with Crippen molar-refractivity contribution in [2.75, 3.05) is 11.5 Å². The molecule has 0 spiro atoms. The molecule has 1 fully saturated rings. The summed E-state index contributed by atoms with van der Waals surface area (Å²) in [5, 5.41) is 0.425. The van der Waals surface area contributed by atoms with Crippen LogP contribution in [0.2, 0.25) is 5.15 Å². The number of anilines is 2. The van der Waals surface area contributed by atoms with E-state index < -0.39 is 0 Å². The fourth-order valence-corrected chi connectivity index (χ4v) is 2.95. The Kier molecular flexibility index (Phi) is 3.49. The van der Waals surface area contributed by atoms with Gasteiger partial charge in [0.25, 0.3) is 0 Å². The van der Waals surface area contributed by atoms with Crippen molar-refractivity contribution in [3.63, 3.8) is 0 Å². The van der Waals surface area contributed by atoms with Crippen LogP contribution in [-0.4, -0.2) is 17.5 Å². The molecule has 0 radical (unpaired) electrons. The average Bonchev–Trinajstić information content (AvgIpc) is 3.29. The number of rotatable bonds is 3. The number of hydrogen-bond acceptors (Lipinski definition) is 3. The number of hydrogen-bond donors (Lipinski definition) is 0. The van der Waals surface area contributed by atoms with E-state index >= 15 is 0 Å². The topological polar surface area (TPSA) is 42.4 Å². The third-order valence-electron chi connectivity index (χ3n) is 4.33. The lowest BCUT2D eigenvalue weighted by molar-refractivity contribution is -0.119. The lowest BCUT2D eigenvalue weighted by Crippen LogP contribution is -2.28. The first-order chi connectivity index (χ1) is 11.1. The molecule has 0 N–H and O–H groups in total. The average molecular weight is 329 g/mol. The number of halogens is 1. The lowest BCUT2D eigenvalue weighted by atomic mass is 10.1. The molecule has 0 saturated heterocycles. The van der Waals surface area contributed by atoms with Gasteiger partial charge in [-0.1, -0.05) is 23.7 Å². The molecule has 1 aliphatic carbocycles. The zero-order valence-corrected chi connectivity index (χ0v) is 13.6. The largest absolute Gasteiger partial charge is 0.493 e. The van der Waals surface area contributed by atoms with Crippen LogP contribution in [0.4, 0.5) is 11.5 Å². The van der Waals surface area contributed by atoms with E-state index in [1.807, 2.05) is 37.3 Å². The van der Waals surface area contributed by atoms with Gasteiger partial charge < -0.3 is 4.74 Å². The summed E-state index contributed by atoms with van der Waals surface area (Å²) in [6, 6.07) is 9.65. The molecule has 1 aromatic carbocycles. The van der Waals surface area contributed by atoms with Crippen LogP contribution >= 0.6 is 11.6 Å². The monoisotopic (exact) mass is 328 g/mol. The molecule has 4 rings (SSSR count). The maximum absolute atomic E-state index is 12.8. The Balaban J connectivity index is 1.78. The Bertz CT molecular complexity index is 787. The van der Waals surface area contributed by atoms with Gasteiger partial charge in [0.05, 0.1) is 12.3 Å². The van der Waals surface area contributed by atoms with Crippen molar-refractivity contribution in [1.82, 2.24) is 4.98 Å². The summed E-state index contributed by atoms with van der Waals surface area (Å²) in [6.45, 7) is 2.60. The number of fused-ring (bicyclic) bond motifs is 1. The Labute approximate surface area is 140 Å². The summed E-state index contributed by atoms with van der Waals surface area (Å²) < 4.78 is 5.64. The molecule has 4 nitrogen and oxygen atoms in total. The highest BCUT2D eigenvalue weighted by molar-refractivity contribution is 6.30. The molecule has 23 heavy (non-hydrogen) atoms. The molecule has 0 unspecified atom stereocenters. The van der Waals surface area contributed by atoms with Crippen LogP contribution in [0.25, 0.3) is 0 Å². The summed E-state index contributed by atoms with van der Waals surface area (Å²) >= 11 is 6.17. The molecule has 118 valence electrons. The maximum Gasteiger partial charge on any atom is 0.235 e. The minimum atomic E-state index is 0.0790. The van der Waals surface area contributed by atoms with E-state index in [9.17, 15) is 4.79 Å². The van der Waals surface area contributed by atoms with E-state index in [1.54, 1.807) is 4.90 Å². The van der Waals surface area contributed by atoms with Crippen LogP contribution < -0.4 is 9.64 Å². The number of nitrogens with zero attached hydrogens (tertiary/aromatic N) is 2. The first kappa shape index (κ1) is 14.5. The molecule has 0 atom stereocenters. The third kappa shape index (κ3) is 2.68. The highest BCUT2D eigenvalue weighted by Gasteiger charge is 2.35. The number of aryl methyl sites for hydroxylation is 1. The van der Waals surface area contributed by atoms with E-state index in [1.165, 1.54) is 5.56 Å². The van der Waals surface area contributed by atoms with Crippen molar-refractivity contribution in [2.24, 2.45) is 5.92 Å². The summed E-state index contributed by atoms with van der Waals surface area (Å²) in [5.74, 6) is 1.59. The van der Waals surface area contributed by atoms with Gasteiger partial charge in [-0.2, -0.15) is 0 Å². The molecule has 1 aliphatic heterocycles. The number of carbonyl (C=O) groups excluding carboxylic acids is 1. The van der Waals surface area contributed by atoms with Gasteiger partial charge in [0, 0.05) is 18.4 Å². The van der Waals surface area contributed by atoms with E-state index in [0.717, 1.165) is 36.3 Å². The molecule has 2 heterocycles. The molecular weight excluding hydrogens is 312 g/mol. The molecule has 0 bridgehead atoms. The standard InChI is InChI=1S/C18H17ClN2O2/c1-11-2-7-16(20-17(11)19)21(18(22)13-3-4-13)14-6-5-12-8-9-23-15(12)10-14/h2,5-7,10,13H,3-4,8-9H2,1H3. The van der Waals surface area contributed by atoms with Gasteiger partial charge in [-0.05, 0) is 43.0 Å². The Morgan fingerprint density at radius 3 is 2.87 bits per heavy atom. The van der Waals surface area contributed by atoms with Gasteiger partial charge in [-0.3, -0.25) is 9.69 Å². The minimum absolute atomic E-state index is 0.0790. The number of pyridine rings is 1.